The molecule has 0 unspecified atom stereocenters. The van der Waals surface area contributed by atoms with Crippen LogP contribution >= 0.6 is 11.3 Å². The molecule has 3 nitrogen and oxygen atoms in total. The number of likely N-dealkylation sites (tertiary alicyclic amines) is 1. The summed E-state index contributed by atoms with van der Waals surface area (Å²) in [5.74, 6) is 0.102. The summed E-state index contributed by atoms with van der Waals surface area (Å²) in [5.41, 5.74) is 6.74. The van der Waals surface area contributed by atoms with E-state index in [9.17, 15) is 4.79 Å². The molecule has 1 aliphatic heterocycles. The van der Waals surface area contributed by atoms with Crippen LogP contribution in [0, 0.1) is 0 Å². The van der Waals surface area contributed by atoms with Crippen LogP contribution in [0.3, 0.4) is 0 Å². The Morgan fingerprint density at radius 3 is 2.67 bits per heavy atom. The van der Waals surface area contributed by atoms with Gasteiger partial charge in [0.1, 0.15) is 0 Å². The second-order valence-electron chi connectivity index (χ2n) is 4.69. The van der Waals surface area contributed by atoms with Gasteiger partial charge in [0.25, 0.3) is 5.91 Å². The number of carbonyl (C=O) groups excluding carboxylic acids is 1. The molecule has 3 rings (SSSR count). The zero-order valence-electron chi connectivity index (χ0n) is 10.2. The number of nitrogen functional groups attached to an aromatic ring is 1. The number of rotatable bonds is 1. The van der Waals surface area contributed by atoms with Gasteiger partial charge >= 0.3 is 0 Å². The molecule has 2 heterocycles. The Bertz CT molecular complexity index is 584. The van der Waals surface area contributed by atoms with E-state index in [2.05, 4.69) is 0 Å². The fourth-order valence-electron chi connectivity index (χ4n) is 2.54. The second kappa shape index (κ2) is 4.61. The van der Waals surface area contributed by atoms with Crippen molar-refractivity contribution < 1.29 is 4.79 Å². The van der Waals surface area contributed by atoms with Gasteiger partial charge in [-0.2, -0.15) is 0 Å². The number of carbonyl (C=O) groups is 1. The summed E-state index contributed by atoms with van der Waals surface area (Å²) in [7, 11) is 0. The fourth-order valence-corrected chi connectivity index (χ4v) is 3.50. The van der Waals surface area contributed by atoms with Crippen LogP contribution in [0.15, 0.2) is 24.3 Å². The Kier molecular flexibility index (Phi) is 2.96. The van der Waals surface area contributed by atoms with E-state index < -0.39 is 0 Å². The quantitative estimate of drug-likeness (QED) is 0.856. The van der Waals surface area contributed by atoms with E-state index in [0.717, 1.165) is 36.0 Å². The summed E-state index contributed by atoms with van der Waals surface area (Å²) in [6.07, 6.45) is 3.44. The molecule has 0 radical (unpaired) electrons. The van der Waals surface area contributed by atoms with Crippen molar-refractivity contribution in [2.24, 2.45) is 0 Å². The molecule has 94 valence electrons. The molecule has 2 aromatic rings. The Labute approximate surface area is 110 Å². The van der Waals surface area contributed by atoms with Crippen molar-refractivity contribution in [3.8, 4) is 0 Å². The number of fused-ring (bicyclic) bond motifs is 1. The predicted octanol–water partition coefficient (Wildman–Crippen LogP) is 3.11. The molecular weight excluding hydrogens is 244 g/mol. The largest absolute Gasteiger partial charge is 0.390 e. The fraction of sp³-hybridized carbons (Fsp3) is 0.357. The average molecular weight is 260 g/mol. The van der Waals surface area contributed by atoms with Gasteiger partial charge in [-0.05, 0) is 25.3 Å². The van der Waals surface area contributed by atoms with Crippen molar-refractivity contribution in [1.82, 2.24) is 4.90 Å². The molecule has 2 N–H and O–H groups in total. The van der Waals surface area contributed by atoms with Crippen molar-refractivity contribution in [1.29, 1.82) is 0 Å². The van der Waals surface area contributed by atoms with Crippen LogP contribution in [0.1, 0.15) is 29.6 Å². The molecule has 0 spiro atoms. The first-order valence-corrected chi connectivity index (χ1v) is 7.15. The van der Waals surface area contributed by atoms with Crippen molar-refractivity contribution in [3.05, 3.63) is 29.8 Å². The van der Waals surface area contributed by atoms with Crippen molar-refractivity contribution in [2.45, 2.75) is 19.3 Å². The van der Waals surface area contributed by atoms with Gasteiger partial charge in [0, 0.05) is 23.2 Å². The van der Waals surface area contributed by atoms with E-state index in [4.69, 9.17) is 5.73 Å². The monoisotopic (exact) mass is 260 g/mol. The van der Waals surface area contributed by atoms with Crippen LogP contribution in [-0.4, -0.2) is 23.9 Å². The van der Waals surface area contributed by atoms with E-state index in [1.54, 1.807) is 0 Å². The third kappa shape index (κ3) is 1.86. The van der Waals surface area contributed by atoms with Crippen LogP contribution in [0.25, 0.3) is 10.1 Å². The van der Waals surface area contributed by atoms with Gasteiger partial charge < -0.3 is 10.6 Å². The first-order valence-electron chi connectivity index (χ1n) is 6.33. The molecular formula is C14H16N2OS. The number of nitrogens with two attached hydrogens (primary N) is 1. The maximum atomic E-state index is 12.5. The minimum absolute atomic E-state index is 0.102. The Morgan fingerprint density at radius 1 is 1.17 bits per heavy atom. The van der Waals surface area contributed by atoms with Crippen molar-refractivity contribution >= 4 is 32.3 Å². The first-order chi connectivity index (χ1) is 8.77. The molecule has 18 heavy (non-hydrogen) atoms. The third-order valence-corrected chi connectivity index (χ3v) is 4.48. The van der Waals surface area contributed by atoms with Gasteiger partial charge in [-0.15, -0.1) is 11.3 Å². The molecule has 1 aromatic carbocycles. The molecule has 1 amide bonds. The lowest BCUT2D eigenvalue weighted by molar-refractivity contribution is 0.0728. The van der Waals surface area contributed by atoms with Gasteiger partial charge in [0.15, 0.2) is 0 Å². The molecule has 1 aromatic heterocycles. The number of benzene rings is 1. The summed E-state index contributed by atoms with van der Waals surface area (Å²) in [5, 5.41) is 1.64. The number of anilines is 1. The van der Waals surface area contributed by atoms with Gasteiger partial charge in [-0.25, -0.2) is 0 Å². The van der Waals surface area contributed by atoms with E-state index >= 15 is 0 Å². The van der Waals surface area contributed by atoms with E-state index in [-0.39, 0.29) is 5.91 Å². The summed E-state index contributed by atoms with van der Waals surface area (Å²) in [6.45, 7) is 1.73. The van der Waals surface area contributed by atoms with E-state index in [1.165, 1.54) is 17.8 Å². The molecule has 0 atom stereocenters. The van der Waals surface area contributed by atoms with Crippen LogP contribution in [-0.2, 0) is 0 Å². The number of nitrogens with zero attached hydrogens (tertiary/aromatic N) is 1. The number of thiophene rings is 1. The van der Waals surface area contributed by atoms with E-state index in [1.807, 2.05) is 29.2 Å². The highest BCUT2D eigenvalue weighted by Crippen LogP contribution is 2.34. The topological polar surface area (TPSA) is 46.3 Å². The lowest BCUT2D eigenvalue weighted by Gasteiger charge is -2.26. The van der Waals surface area contributed by atoms with Crippen LogP contribution < -0.4 is 5.73 Å². The van der Waals surface area contributed by atoms with Gasteiger partial charge in [0.05, 0.1) is 10.6 Å². The zero-order chi connectivity index (χ0) is 12.5. The van der Waals surface area contributed by atoms with Gasteiger partial charge in [0.2, 0.25) is 0 Å². The summed E-state index contributed by atoms with van der Waals surface area (Å²) >= 11 is 1.50. The Hall–Kier alpha value is -1.55. The maximum Gasteiger partial charge on any atom is 0.257 e. The molecule has 1 fully saturated rings. The summed E-state index contributed by atoms with van der Waals surface area (Å²) in [6, 6.07) is 7.94. The molecule has 1 saturated heterocycles. The molecule has 0 bridgehead atoms. The minimum atomic E-state index is 0.102. The molecule has 0 saturated carbocycles. The SMILES string of the molecule is Nc1sc2ccccc2c1C(=O)N1CCCCC1. The number of hydrogen-bond acceptors (Lipinski definition) is 3. The predicted molar refractivity (Wildman–Crippen MR) is 76.0 cm³/mol. The molecule has 0 aliphatic carbocycles. The van der Waals surface area contributed by atoms with Crippen molar-refractivity contribution in [2.75, 3.05) is 18.8 Å². The molecule has 4 heteroatoms. The smallest absolute Gasteiger partial charge is 0.257 e. The standard InChI is InChI=1S/C14H16N2OS/c15-13-12(10-6-2-3-7-11(10)18-13)14(17)16-8-4-1-5-9-16/h2-3,6-7H,1,4-5,8-9,15H2. The van der Waals surface area contributed by atoms with Crippen molar-refractivity contribution in [3.63, 3.8) is 0 Å². The summed E-state index contributed by atoms with van der Waals surface area (Å²) < 4.78 is 1.09. The number of piperidine rings is 1. The highest BCUT2D eigenvalue weighted by molar-refractivity contribution is 7.23. The normalized spacial score (nSPS) is 16.1. The van der Waals surface area contributed by atoms with Gasteiger partial charge in [-0.3, -0.25) is 4.79 Å². The Morgan fingerprint density at radius 2 is 1.89 bits per heavy atom. The van der Waals surface area contributed by atoms with Gasteiger partial charge in [-0.1, -0.05) is 18.2 Å². The second-order valence-corrected chi connectivity index (χ2v) is 5.77. The first kappa shape index (κ1) is 11.5. The third-order valence-electron chi connectivity index (χ3n) is 3.48. The maximum absolute atomic E-state index is 12.5. The van der Waals surface area contributed by atoms with Crippen LogP contribution in [0.2, 0.25) is 0 Å². The highest BCUT2D eigenvalue weighted by atomic mass is 32.1. The average Bonchev–Trinajstić information content (AvgIpc) is 2.75. The lowest BCUT2D eigenvalue weighted by Crippen LogP contribution is -2.35. The van der Waals surface area contributed by atoms with Crippen LogP contribution in [0.5, 0.6) is 0 Å². The van der Waals surface area contributed by atoms with E-state index in [0.29, 0.717) is 10.6 Å². The number of amides is 1. The van der Waals surface area contributed by atoms with Crippen LogP contribution in [0.4, 0.5) is 5.00 Å². The minimum Gasteiger partial charge on any atom is -0.390 e. The molecule has 1 aliphatic rings. The number of hydrogen-bond donors (Lipinski definition) is 1. The highest BCUT2D eigenvalue weighted by Gasteiger charge is 2.23. The Balaban J connectivity index is 2.02. The zero-order valence-corrected chi connectivity index (χ0v) is 11.0. The lowest BCUT2D eigenvalue weighted by atomic mass is 10.1. The summed E-state index contributed by atoms with van der Waals surface area (Å²) in [4.78, 5) is 14.5.